The number of rotatable bonds is 5. The van der Waals surface area contributed by atoms with Crippen molar-refractivity contribution in [3.63, 3.8) is 0 Å². The smallest absolute Gasteiger partial charge is 0.281 e. The van der Waals surface area contributed by atoms with Crippen molar-refractivity contribution in [2.75, 3.05) is 25.0 Å². The lowest BCUT2D eigenvalue weighted by Gasteiger charge is -2.44. The van der Waals surface area contributed by atoms with Gasteiger partial charge >= 0.3 is 0 Å². The van der Waals surface area contributed by atoms with E-state index in [1.807, 2.05) is 18.2 Å². The zero-order valence-electron chi connectivity index (χ0n) is 19.0. The third-order valence-corrected chi connectivity index (χ3v) is 8.37. The highest BCUT2D eigenvalue weighted by Gasteiger charge is 2.47. The van der Waals surface area contributed by atoms with Crippen molar-refractivity contribution < 1.29 is 22.4 Å². The van der Waals surface area contributed by atoms with Crippen LogP contribution in [0.2, 0.25) is 0 Å². The first-order valence-electron chi connectivity index (χ1n) is 11.2. The normalized spacial score (nSPS) is 20.7. The molecule has 1 N–H and O–H groups in total. The molecule has 0 saturated heterocycles. The van der Waals surface area contributed by atoms with Gasteiger partial charge in [-0.1, -0.05) is 42.5 Å². The number of amides is 2. The van der Waals surface area contributed by atoms with E-state index < -0.39 is 22.0 Å². The van der Waals surface area contributed by atoms with Gasteiger partial charge in [-0.25, -0.2) is 13.4 Å². The second-order valence-corrected chi connectivity index (χ2v) is 10.3. The van der Waals surface area contributed by atoms with Crippen LogP contribution in [-0.2, 0) is 14.8 Å². The molecule has 0 radical (unpaired) electrons. The largest absolute Gasteiger partial charge is 0.443 e. The number of sulfonamides is 1. The van der Waals surface area contributed by atoms with Crippen molar-refractivity contribution in [1.29, 1.82) is 0 Å². The summed E-state index contributed by atoms with van der Waals surface area (Å²) in [6.07, 6.45) is 2.99. The molecular formula is C25H24N4O5S. The Morgan fingerprint density at radius 1 is 1.20 bits per heavy atom. The van der Waals surface area contributed by atoms with Crippen molar-refractivity contribution >= 4 is 27.5 Å². The summed E-state index contributed by atoms with van der Waals surface area (Å²) in [7, 11) is -2.27. The van der Waals surface area contributed by atoms with Gasteiger partial charge < -0.3 is 9.73 Å². The van der Waals surface area contributed by atoms with Gasteiger partial charge in [0.05, 0.1) is 4.90 Å². The molecule has 2 atom stereocenters. The van der Waals surface area contributed by atoms with E-state index in [1.54, 1.807) is 30.3 Å². The number of nitrogens with zero attached hydrogens (tertiary/aromatic N) is 3. The minimum Gasteiger partial charge on any atom is -0.443 e. The van der Waals surface area contributed by atoms with E-state index in [9.17, 15) is 18.0 Å². The maximum absolute atomic E-state index is 14.0. The lowest BCUT2D eigenvalue weighted by Crippen LogP contribution is -2.55. The lowest BCUT2D eigenvalue weighted by molar-refractivity contribution is -0.122. The summed E-state index contributed by atoms with van der Waals surface area (Å²) < 4.78 is 33.5. The number of carbonyl (C=O) groups is 2. The first kappa shape index (κ1) is 23.0. The predicted octanol–water partition coefficient (Wildman–Crippen LogP) is 2.78. The molecule has 0 bridgehead atoms. The molecule has 0 saturated carbocycles. The zero-order valence-corrected chi connectivity index (χ0v) is 19.9. The van der Waals surface area contributed by atoms with E-state index in [4.69, 9.17) is 4.42 Å². The Bertz CT molecular complexity index is 1420. The maximum Gasteiger partial charge on any atom is 0.281 e. The van der Waals surface area contributed by atoms with Crippen molar-refractivity contribution in [2.24, 2.45) is 0 Å². The van der Waals surface area contributed by atoms with Gasteiger partial charge in [-0.2, -0.15) is 4.31 Å². The van der Waals surface area contributed by atoms with Crippen LogP contribution >= 0.6 is 0 Å². The maximum atomic E-state index is 14.0. The van der Waals surface area contributed by atoms with Crippen LogP contribution in [0.5, 0.6) is 0 Å². The molecule has 10 heteroatoms. The van der Waals surface area contributed by atoms with Crippen molar-refractivity contribution in [1.82, 2.24) is 14.6 Å². The molecule has 9 nitrogen and oxygen atoms in total. The number of anilines is 1. The monoisotopic (exact) mass is 492 g/mol. The molecule has 3 heterocycles. The molecule has 1 aromatic heterocycles. The number of benzene rings is 2. The molecule has 0 aliphatic carbocycles. The van der Waals surface area contributed by atoms with Crippen LogP contribution in [0.15, 0.2) is 76.9 Å². The van der Waals surface area contributed by atoms with E-state index in [0.717, 1.165) is 0 Å². The van der Waals surface area contributed by atoms with E-state index in [1.165, 1.54) is 28.7 Å². The minimum absolute atomic E-state index is 0.0492. The summed E-state index contributed by atoms with van der Waals surface area (Å²) >= 11 is 0. The molecule has 0 spiro atoms. The third-order valence-electron chi connectivity index (χ3n) is 6.48. The number of hydrogen-bond donors (Lipinski definition) is 1. The lowest BCUT2D eigenvalue weighted by atomic mass is 9.84. The van der Waals surface area contributed by atoms with Gasteiger partial charge in [0, 0.05) is 42.9 Å². The second kappa shape index (κ2) is 8.79. The van der Waals surface area contributed by atoms with Gasteiger partial charge in [0.25, 0.3) is 5.91 Å². The molecule has 5 rings (SSSR count). The first-order valence-corrected chi connectivity index (χ1v) is 12.6. The molecular weight excluding hydrogens is 468 g/mol. The van der Waals surface area contributed by atoms with Crippen LogP contribution in [0.4, 0.5) is 5.69 Å². The third kappa shape index (κ3) is 3.65. The Balaban J connectivity index is 1.68. The molecule has 0 unspecified atom stereocenters. The standard InChI is InChI=1S/C25H24N4O5S/c1-3-12-28-14-17-13-19(24(30)26-2)29(18-10-7-11-20(21(17)18)35(28,32)33)25(31)22-23(34-15-27-22)16-8-5-4-6-9-16/h3-11,15,17,19H,1,12-14H2,2H3,(H,26,30)/t17-,19-/m0/s1. The van der Waals surface area contributed by atoms with E-state index in [0.29, 0.717) is 16.8 Å². The van der Waals surface area contributed by atoms with Crippen molar-refractivity contribution in [3.05, 3.63) is 78.8 Å². The summed E-state index contributed by atoms with van der Waals surface area (Å²) in [5, 5.41) is 2.65. The number of carbonyl (C=O) groups excluding carboxylic acids is 2. The average molecular weight is 493 g/mol. The number of nitrogens with one attached hydrogen (secondary N) is 1. The van der Waals surface area contributed by atoms with Crippen molar-refractivity contribution in [3.8, 4) is 11.3 Å². The average Bonchev–Trinajstić information content (AvgIpc) is 3.37. The number of oxazole rings is 1. The molecule has 3 aromatic rings. The Kier molecular flexibility index (Phi) is 5.78. The van der Waals surface area contributed by atoms with Gasteiger partial charge in [-0.15, -0.1) is 6.58 Å². The van der Waals surface area contributed by atoms with Crippen LogP contribution < -0.4 is 10.2 Å². The SMILES string of the molecule is C=CCN1C[C@@H]2C[C@@H](C(=O)NC)N(C(=O)c3ncoc3-c3ccccc3)c3cccc(c32)S1(=O)=O. The molecule has 2 amide bonds. The van der Waals surface area contributed by atoms with Gasteiger partial charge in [0.15, 0.2) is 17.8 Å². The minimum atomic E-state index is -3.78. The summed E-state index contributed by atoms with van der Waals surface area (Å²) in [6, 6.07) is 13.0. The number of hydrogen-bond acceptors (Lipinski definition) is 6. The highest BCUT2D eigenvalue weighted by atomic mass is 32.2. The Morgan fingerprint density at radius 3 is 2.69 bits per heavy atom. The molecule has 2 aliphatic heterocycles. The summed E-state index contributed by atoms with van der Waals surface area (Å²) in [6.45, 7) is 4.04. The predicted molar refractivity (Wildman–Crippen MR) is 129 cm³/mol. The molecule has 2 aromatic carbocycles. The topological polar surface area (TPSA) is 113 Å². The summed E-state index contributed by atoms with van der Waals surface area (Å²) in [5.74, 6) is -0.864. The van der Waals surface area contributed by atoms with Gasteiger partial charge in [0.1, 0.15) is 6.04 Å². The molecule has 180 valence electrons. The Hall–Kier alpha value is -3.76. The fourth-order valence-electron chi connectivity index (χ4n) is 4.95. The van der Waals surface area contributed by atoms with Gasteiger partial charge in [-0.3, -0.25) is 14.5 Å². The van der Waals surface area contributed by atoms with E-state index in [-0.39, 0.29) is 47.7 Å². The van der Waals surface area contributed by atoms with Crippen molar-refractivity contribution in [2.45, 2.75) is 23.3 Å². The zero-order chi connectivity index (χ0) is 24.7. The molecule has 0 fully saturated rings. The van der Waals surface area contributed by atoms with Crippen LogP contribution in [0.1, 0.15) is 28.4 Å². The van der Waals surface area contributed by atoms with E-state index >= 15 is 0 Å². The van der Waals surface area contributed by atoms with Gasteiger partial charge in [-0.05, 0) is 18.6 Å². The number of aromatic nitrogens is 1. The van der Waals surface area contributed by atoms with E-state index in [2.05, 4.69) is 16.9 Å². The highest BCUT2D eigenvalue weighted by molar-refractivity contribution is 7.89. The van der Waals surface area contributed by atoms with Crippen LogP contribution in [0, 0.1) is 0 Å². The Labute approximate surface area is 203 Å². The second-order valence-electron chi connectivity index (χ2n) is 8.43. The quantitative estimate of drug-likeness (QED) is 0.548. The van der Waals surface area contributed by atoms with Crippen LogP contribution in [-0.4, -0.2) is 55.7 Å². The molecule has 2 aliphatic rings. The van der Waals surface area contributed by atoms with Gasteiger partial charge in [0.2, 0.25) is 15.9 Å². The summed E-state index contributed by atoms with van der Waals surface area (Å²) in [5.41, 5.74) is 1.65. The van der Waals surface area contributed by atoms with Crippen LogP contribution in [0.25, 0.3) is 11.3 Å². The Morgan fingerprint density at radius 2 is 1.97 bits per heavy atom. The highest BCUT2D eigenvalue weighted by Crippen LogP contribution is 2.47. The summed E-state index contributed by atoms with van der Waals surface area (Å²) in [4.78, 5) is 32.6. The fourth-order valence-corrected chi connectivity index (χ4v) is 6.71. The first-order chi connectivity index (χ1) is 16.9. The molecule has 35 heavy (non-hydrogen) atoms. The fraction of sp³-hybridized carbons (Fsp3) is 0.240. The van der Waals surface area contributed by atoms with Crippen LogP contribution in [0.3, 0.4) is 0 Å². The number of likely N-dealkylation sites (N-methyl/N-ethyl adjacent to an activating group) is 1.